The largest absolute Gasteiger partial charge is 0.496 e. The number of hydrogen-bond donors (Lipinski definition) is 0. The standard InChI is InChI=1S/C17H26O2/c1-5-8-9-14(6-2)13-19-16-10-11-17(18-4)15(7-3)12-16/h7,10-12,14H,3,5-6,8-9,13H2,1-2,4H3. The Bertz CT molecular complexity index is 385. The lowest BCUT2D eigenvalue weighted by atomic mass is 10.0. The molecule has 0 fully saturated rings. The van der Waals surface area contributed by atoms with Crippen molar-refractivity contribution < 1.29 is 9.47 Å². The van der Waals surface area contributed by atoms with Crippen molar-refractivity contribution in [3.8, 4) is 11.5 Å². The molecule has 0 heterocycles. The molecule has 0 bridgehead atoms. The third-order valence-electron chi connectivity index (χ3n) is 3.45. The van der Waals surface area contributed by atoms with E-state index in [1.54, 1.807) is 13.2 Å². The smallest absolute Gasteiger partial charge is 0.126 e. The van der Waals surface area contributed by atoms with Gasteiger partial charge in [0.05, 0.1) is 13.7 Å². The van der Waals surface area contributed by atoms with Crippen LogP contribution in [0.1, 0.15) is 45.1 Å². The summed E-state index contributed by atoms with van der Waals surface area (Å²) < 4.78 is 11.2. The van der Waals surface area contributed by atoms with E-state index in [2.05, 4.69) is 20.4 Å². The van der Waals surface area contributed by atoms with Crippen molar-refractivity contribution in [2.75, 3.05) is 13.7 Å². The van der Waals surface area contributed by atoms with Gasteiger partial charge in [-0.05, 0) is 30.5 Å². The molecule has 1 atom stereocenters. The minimum absolute atomic E-state index is 0.647. The van der Waals surface area contributed by atoms with Crippen LogP contribution in [0, 0.1) is 5.92 Å². The summed E-state index contributed by atoms with van der Waals surface area (Å²) in [5.41, 5.74) is 0.974. The van der Waals surface area contributed by atoms with E-state index in [0.717, 1.165) is 23.7 Å². The molecule has 0 amide bonds. The zero-order valence-corrected chi connectivity index (χ0v) is 12.4. The van der Waals surface area contributed by atoms with E-state index in [0.29, 0.717) is 5.92 Å². The molecule has 0 spiro atoms. The van der Waals surface area contributed by atoms with Crippen LogP contribution in [-0.2, 0) is 0 Å². The fourth-order valence-corrected chi connectivity index (χ4v) is 2.07. The van der Waals surface area contributed by atoms with Crippen molar-refractivity contribution in [3.63, 3.8) is 0 Å². The normalized spacial score (nSPS) is 11.9. The number of unbranched alkanes of at least 4 members (excludes halogenated alkanes) is 1. The fraction of sp³-hybridized carbons (Fsp3) is 0.529. The van der Waals surface area contributed by atoms with E-state index >= 15 is 0 Å². The van der Waals surface area contributed by atoms with Crippen molar-refractivity contribution >= 4 is 6.08 Å². The molecule has 1 unspecified atom stereocenters. The predicted octanol–water partition coefficient (Wildman–Crippen LogP) is 4.93. The zero-order chi connectivity index (χ0) is 14.1. The van der Waals surface area contributed by atoms with Crippen LogP contribution in [0.3, 0.4) is 0 Å². The van der Waals surface area contributed by atoms with Gasteiger partial charge in [0.15, 0.2) is 0 Å². The Balaban J connectivity index is 2.59. The third kappa shape index (κ3) is 4.98. The first-order valence-corrected chi connectivity index (χ1v) is 7.18. The van der Waals surface area contributed by atoms with Crippen molar-refractivity contribution in [2.24, 2.45) is 5.92 Å². The second kappa shape index (κ2) is 8.63. The van der Waals surface area contributed by atoms with Crippen LogP contribution in [0.2, 0.25) is 0 Å². The second-order valence-electron chi connectivity index (χ2n) is 4.84. The molecule has 0 aliphatic carbocycles. The minimum Gasteiger partial charge on any atom is -0.496 e. The predicted molar refractivity (Wildman–Crippen MR) is 81.9 cm³/mol. The average molecular weight is 262 g/mol. The molecule has 0 aliphatic heterocycles. The molecular formula is C17H26O2. The molecule has 0 N–H and O–H groups in total. The maximum Gasteiger partial charge on any atom is 0.126 e. The van der Waals surface area contributed by atoms with Crippen molar-refractivity contribution in [1.82, 2.24) is 0 Å². The van der Waals surface area contributed by atoms with Gasteiger partial charge >= 0.3 is 0 Å². The number of hydrogen-bond acceptors (Lipinski definition) is 2. The first-order chi connectivity index (χ1) is 9.24. The molecule has 0 aliphatic rings. The maximum atomic E-state index is 5.89. The summed E-state index contributed by atoms with van der Waals surface area (Å²) in [6.07, 6.45) is 6.74. The van der Waals surface area contributed by atoms with E-state index in [1.807, 2.05) is 18.2 Å². The molecule has 0 saturated heterocycles. The van der Waals surface area contributed by atoms with Crippen molar-refractivity contribution in [2.45, 2.75) is 39.5 Å². The van der Waals surface area contributed by atoms with Crippen molar-refractivity contribution in [3.05, 3.63) is 30.3 Å². The molecule has 1 aromatic carbocycles. The van der Waals surface area contributed by atoms with E-state index in [-0.39, 0.29) is 0 Å². The van der Waals surface area contributed by atoms with Crippen LogP contribution >= 0.6 is 0 Å². The van der Waals surface area contributed by atoms with Gasteiger partial charge in [0.2, 0.25) is 0 Å². The second-order valence-corrected chi connectivity index (χ2v) is 4.84. The maximum absolute atomic E-state index is 5.89. The van der Waals surface area contributed by atoms with Crippen LogP contribution in [0.4, 0.5) is 0 Å². The summed E-state index contributed by atoms with van der Waals surface area (Å²) in [6, 6.07) is 5.87. The number of benzene rings is 1. The van der Waals surface area contributed by atoms with E-state index in [1.165, 1.54) is 25.7 Å². The summed E-state index contributed by atoms with van der Waals surface area (Å²) in [5, 5.41) is 0. The van der Waals surface area contributed by atoms with Crippen molar-refractivity contribution in [1.29, 1.82) is 0 Å². The molecule has 0 aromatic heterocycles. The van der Waals surface area contributed by atoms with E-state index < -0.39 is 0 Å². The van der Waals surface area contributed by atoms with Gasteiger partial charge < -0.3 is 9.47 Å². The summed E-state index contributed by atoms with van der Waals surface area (Å²) in [4.78, 5) is 0. The van der Waals surface area contributed by atoms with Gasteiger partial charge in [-0.2, -0.15) is 0 Å². The topological polar surface area (TPSA) is 18.5 Å². The Kier molecular flexibility index (Phi) is 7.09. The highest BCUT2D eigenvalue weighted by atomic mass is 16.5. The SMILES string of the molecule is C=Cc1cc(OCC(CC)CCCC)ccc1OC. The van der Waals surface area contributed by atoms with E-state index in [4.69, 9.17) is 9.47 Å². The van der Waals surface area contributed by atoms with Gasteiger partial charge in [0, 0.05) is 5.56 Å². The minimum atomic E-state index is 0.647. The quantitative estimate of drug-likeness (QED) is 0.628. The lowest BCUT2D eigenvalue weighted by molar-refractivity contribution is 0.233. The Morgan fingerprint density at radius 3 is 2.68 bits per heavy atom. The Morgan fingerprint density at radius 1 is 1.32 bits per heavy atom. The monoisotopic (exact) mass is 262 g/mol. The molecule has 1 aromatic rings. The summed E-state index contributed by atoms with van der Waals surface area (Å²) in [6.45, 7) is 9.05. The Labute approximate surface area is 117 Å². The van der Waals surface area contributed by atoms with Gasteiger partial charge in [-0.3, -0.25) is 0 Å². The first-order valence-electron chi connectivity index (χ1n) is 7.18. The molecule has 1 rings (SSSR count). The van der Waals surface area contributed by atoms with Gasteiger partial charge in [-0.15, -0.1) is 0 Å². The average Bonchev–Trinajstić information content (AvgIpc) is 2.47. The van der Waals surface area contributed by atoms with E-state index in [9.17, 15) is 0 Å². The third-order valence-corrected chi connectivity index (χ3v) is 3.45. The highest BCUT2D eigenvalue weighted by molar-refractivity contribution is 5.58. The molecule has 0 radical (unpaired) electrons. The van der Waals surface area contributed by atoms with Crippen LogP contribution < -0.4 is 9.47 Å². The molecule has 106 valence electrons. The highest BCUT2D eigenvalue weighted by Gasteiger charge is 2.08. The number of methoxy groups -OCH3 is 1. The highest BCUT2D eigenvalue weighted by Crippen LogP contribution is 2.25. The molecule has 2 heteroatoms. The van der Waals surface area contributed by atoms with Crippen LogP contribution in [0.15, 0.2) is 24.8 Å². The summed E-state index contributed by atoms with van der Waals surface area (Å²) >= 11 is 0. The zero-order valence-electron chi connectivity index (χ0n) is 12.4. The fourth-order valence-electron chi connectivity index (χ4n) is 2.07. The van der Waals surface area contributed by atoms with Gasteiger partial charge in [-0.1, -0.05) is 45.8 Å². The summed E-state index contributed by atoms with van der Waals surface area (Å²) in [5.74, 6) is 2.38. The van der Waals surface area contributed by atoms with Crippen LogP contribution in [-0.4, -0.2) is 13.7 Å². The molecular weight excluding hydrogens is 236 g/mol. The Morgan fingerprint density at radius 2 is 2.11 bits per heavy atom. The molecule has 0 saturated carbocycles. The molecule has 2 nitrogen and oxygen atoms in total. The molecule has 19 heavy (non-hydrogen) atoms. The number of ether oxygens (including phenoxy) is 2. The van der Waals surface area contributed by atoms with Gasteiger partial charge in [0.1, 0.15) is 11.5 Å². The first kappa shape index (κ1) is 15.6. The van der Waals surface area contributed by atoms with Crippen LogP contribution in [0.25, 0.3) is 6.08 Å². The lowest BCUT2D eigenvalue weighted by Crippen LogP contribution is -2.11. The summed E-state index contributed by atoms with van der Waals surface area (Å²) in [7, 11) is 1.67. The Hall–Kier alpha value is -1.44. The van der Waals surface area contributed by atoms with Crippen LogP contribution in [0.5, 0.6) is 11.5 Å². The van der Waals surface area contributed by atoms with Gasteiger partial charge in [0.25, 0.3) is 0 Å². The lowest BCUT2D eigenvalue weighted by Gasteiger charge is -2.16. The van der Waals surface area contributed by atoms with Gasteiger partial charge in [-0.25, -0.2) is 0 Å². The number of rotatable bonds is 9.